The Morgan fingerprint density at radius 1 is 1.43 bits per heavy atom. The van der Waals surface area contributed by atoms with Crippen LogP contribution in [0.1, 0.15) is 6.92 Å². The fourth-order valence-corrected chi connectivity index (χ4v) is 2.11. The number of carbonyl (C=O) groups is 2. The van der Waals surface area contributed by atoms with E-state index in [1.807, 2.05) is 7.05 Å². The molecule has 0 saturated carbocycles. The summed E-state index contributed by atoms with van der Waals surface area (Å²) in [5.74, 6) is -0.772. The Bertz CT molecular complexity index is 718. The SMILES string of the molecule is CC(=O)Nc1ccc(N(O)C(=O)Cn2cc[n+](C)c2)cc1Cl.[Cl-]. The summed E-state index contributed by atoms with van der Waals surface area (Å²) in [5, 5.41) is 13.3. The molecule has 0 saturated heterocycles. The van der Waals surface area contributed by atoms with Crippen molar-refractivity contribution in [2.24, 2.45) is 7.05 Å². The van der Waals surface area contributed by atoms with Crippen molar-refractivity contribution in [2.45, 2.75) is 13.5 Å². The molecule has 0 aliphatic rings. The van der Waals surface area contributed by atoms with Crippen LogP contribution in [0.4, 0.5) is 11.4 Å². The summed E-state index contributed by atoms with van der Waals surface area (Å²) in [6.07, 6.45) is 5.23. The molecule has 9 heteroatoms. The number of hydrogen-bond donors (Lipinski definition) is 2. The number of carbonyl (C=O) groups excluding carboxylic acids is 2. The summed E-state index contributed by atoms with van der Waals surface area (Å²) >= 11 is 6.01. The Morgan fingerprint density at radius 3 is 2.65 bits per heavy atom. The maximum atomic E-state index is 12.0. The third kappa shape index (κ3) is 4.95. The number of rotatable bonds is 4. The topological polar surface area (TPSA) is 78.5 Å². The van der Waals surface area contributed by atoms with Gasteiger partial charge < -0.3 is 17.7 Å². The number of hydrogen-bond acceptors (Lipinski definition) is 3. The van der Waals surface area contributed by atoms with Crippen molar-refractivity contribution in [1.82, 2.24) is 4.57 Å². The summed E-state index contributed by atoms with van der Waals surface area (Å²) in [6, 6.07) is 4.41. The molecule has 2 rings (SSSR count). The van der Waals surface area contributed by atoms with E-state index in [9.17, 15) is 14.8 Å². The molecule has 0 bridgehead atoms. The van der Waals surface area contributed by atoms with Crippen LogP contribution < -0.4 is 27.4 Å². The summed E-state index contributed by atoms with van der Waals surface area (Å²) in [7, 11) is 1.83. The van der Waals surface area contributed by atoms with Crippen molar-refractivity contribution in [3.63, 3.8) is 0 Å². The van der Waals surface area contributed by atoms with E-state index in [1.54, 1.807) is 27.9 Å². The highest BCUT2D eigenvalue weighted by Crippen LogP contribution is 2.27. The second-order valence-corrected chi connectivity index (χ2v) is 5.21. The fourth-order valence-electron chi connectivity index (χ4n) is 1.89. The number of nitrogens with zero attached hydrogens (tertiary/aromatic N) is 3. The molecule has 1 aromatic heterocycles. The van der Waals surface area contributed by atoms with E-state index in [1.165, 1.54) is 25.1 Å². The van der Waals surface area contributed by atoms with Gasteiger partial charge in [-0.25, -0.2) is 9.13 Å². The van der Waals surface area contributed by atoms with E-state index < -0.39 is 5.91 Å². The highest BCUT2D eigenvalue weighted by molar-refractivity contribution is 6.34. The molecule has 23 heavy (non-hydrogen) atoms. The van der Waals surface area contributed by atoms with E-state index in [4.69, 9.17) is 11.6 Å². The number of aromatic nitrogens is 2. The predicted octanol–water partition coefficient (Wildman–Crippen LogP) is -1.65. The number of hydroxylamine groups is 1. The minimum absolute atomic E-state index is 0. The number of imidazole rings is 1. The fraction of sp³-hybridized carbons (Fsp3) is 0.214. The Hall–Kier alpha value is -2.09. The van der Waals surface area contributed by atoms with Gasteiger partial charge in [-0.2, -0.15) is 5.06 Å². The average molecular weight is 359 g/mol. The molecule has 2 amide bonds. The Morgan fingerprint density at radius 2 is 2.13 bits per heavy atom. The lowest BCUT2D eigenvalue weighted by atomic mass is 10.2. The van der Waals surface area contributed by atoms with Crippen LogP contribution in [0, 0.1) is 0 Å². The number of amides is 2. The third-order valence-electron chi connectivity index (χ3n) is 2.89. The molecule has 1 aromatic carbocycles. The predicted molar refractivity (Wildman–Crippen MR) is 80.6 cm³/mol. The monoisotopic (exact) mass is 358 g/mol. The lowest BCUT2D eigenvalue weighted by Crippen LogP contribution is -3.00. The first-order valence-corrected chi connectivity index (χ1v) is 6.84. The van der Waals surface area contributed by atoms with Gasteiger partial charge in [0.25, 0.3) is 5.91 Å². The lowest BCUT2D eigenvalue weighted by Gasteiger charge is -2.15. The Labute approximate surface area is 144 Å². The van der Waals surface area contributed by atoms with Gasteiger partial charge >= 0.3 is 0 Å². The Balaban J connectivity index is 0.00000264. The van der Waals surface area contributed by atoms with Gasteiger partial charge in [0.05, 0.1) is 23.4 Å². The number of halogens is 2. The van der Waals surface area contributed by atoms with Gasteiger partial charge in [-0.1, -0.05) is 11.6 Å². The number of benzene rings is 1. The van der Waals surface area contributed by atoms with Gasteiger partial charge in [-0.15, -0.1) is 0 Å². The molecule has 0 atom stereocenters. The first-order chi connectivity index (χ1) is 10.4. The third-order valence-corrected chi connectivity index (χ3v) is 3.20. The van der Waals surface area contributed by atoms with Crippen molar-refractivity contribution in [2.75, 3.05) is 10.4 Å². The molecule has 0 fully saturated rings. The number of nitrogens with one attached hydrogen (secondary N) is 1. The lowest BCUT2D eigenvalue weighted by molar-refractivity contribution is -0.671. The molecule has 2 aromatic rings. The minimum Gasteiger partial charge on any atom is -1.00 e. The Kier molecular flexibility index (Phi) is 6.56. The second kappa shape index (κ2) is 7.96. The van der Waals surface area contributed by atoms with Crippen LogP contribution in [0.5, 0.6) is 0 Å². The minimum atomic E-state index is -0.514. The highest BCUT2D eigenvalue weighted by Gasteiger charge is 2.18. The largest absolute Gasteiger partial charge is 1.00 e. The molecule has 0 spiro atoms. The molecule has 1 heterocycles. The van der Waals surface area contributed by atoms with Gasteiger partial charge in [0.2, 0.25) is 12.2 Å². The van der Waals surface area contributed by atoms with Gasteiger partial charge in [0.15, 0.2) is 6.54 Å². The quantitative estimate of drug-likeness (QED) is 0.390. The molecule has 0 aliphatic heterocycles. The van der Waals surface area contributed by atoms with E-state index >= 15 is 0 Å². The molecule has 0 unspecified atom stereocenters. The van der Waals surface area contributed by atoms with Crippen LogP contribution in [-0.2, 0) is 23.2 Å². The first kappa shape index (κ1) is 19.0. The van der Waals surface area contributed by atoms with Crippen LogP contribution in [-0.4, -0.2) is 21.6 Å². The number of aryl methyl sites for hydroxylation is 1. The molecule has 0 aliphatic carbocycles. The van der Waals surface area contributed by atoms with Crippen molar-refractivity contribution in [3.8, 4) is 0 Å². The number of anilines is 2. The summed E-state index contributed by atoms with van der Waals surface area (Å²) < 4.78 is 3.42. The van der Waals surface area contributed by atoms with E-state index in [2.05, 4.69) is 5.32 Å². The average Bonchev–Trinajstić information content (AvgIpc) is 2.85. The highest BCUT2D eigenvalue weighted by atomic mass is 35.5. The van der Waals surface area contributed by atoms with Crippen LogP contribution in [0.3, 0.4) is 0 Å². The smallest absolute Gasteiger partial charge is 0.292 e. The van der Waals surface area contributed by atoms with Gasteiger partial charge in [-0.3, -0.25) is 14.8 Å². The van der Waals surface area contributed by atoms with E-state index in [0.717, 1.165) is 0 Å². The summed E-state index contributed by atoms with van der Waals surface area (Å²) in [5.41, 5.74) is 0.636. The zero-order chi connectivity index (χ0) is 16.3. The van der Waals surface area contributed by atoms with Crippen molar-refractivity contribution in [3.05, 3.63) is 41.9 Å². The van der Waals surface area contributed by atoms with Crippen molar-refractivity contribution < 1.29 is 31.8 Å². The maximum Gasteiger partial charge on any atom is 0.292 e. The van der Waals surface area contributed by atoms with Gasteiger partial charge in [-0.05, 0) is 18.2 Å². The second-order valence-electron chi connectivity index (χ2n) is 4.80. The maximum absolute atomic E-state index is 12.0. The van der Waals surface area contributed by atoms with Crippen LogP contribution in [0.15, 0.2) is 36.9 Å². The van der Waals surface area contributed by atoms with Crippen molar-refractivity contribution >= 4 is 34.8 Å². The molecular formula is C14H16Cl2N4O3. The standard InChI is InChI=1S/C14H15ClN4O3.ClH/c1-10(20)16-13-4-3-11(7-12(13)15)19(22)14(21)8-18-6-5-17(2)9-18;/h3-7,9,22H,8H2,1-2H3;1H. The van der Waals surface area contributed by atoms with E-state index in [-0.39, 0.29) is 35.6 Å². The van der Waals surface area contributed by atoms with Gasteiger partial charge in [0.1, 0.15) is 12.4 Å². The summed E-state index contributed by atoms with van der Waals surface area (Å²) in [6.45, 7) is 1.35. The van der Waals surface area contributed by atoms with Crippen LogP contribution in [0.25, 0.3) is 0 Å². The van der Waals surface area contributed by atoms with E-state index in [0.29, 0.717) is 10.8 Å². The van der Waals surface area contributed by atoms with Crippen LogP contribution >= 0.6 is 11.6 Å². The summed E-state index contributed by atoms with van der Waals surface area (Å²) in [4.78, 5) is 23.0. The molecule has 2 N–H and O–H groups in total. The van der Waals surface area contributed by atoms with Crippen molar-refractivity contribution in [1.29, 1.82) is 0 Å². The normalized spacial score (nSPS) is 9.91. The van der Waals surface area contributed by atoms with Crippen LogP contribution in [0.2, 0.25) is 5.02 Å². The zero-order valence-corrected chi connectivity index (χ0v) is 14.0. The molecule has 124 valence electrons. The molecule has 7 nitrogen and oxygen atoms in total. The first-order valence-electron chi connectivity index (χ1n) is 6.47. The molecule has 0 radical (unpaired) electrons. The zero-order valence-electron chi connectivity index (χ0n) is 12.5. The molecular weight excluding hydrogens is 343 g/mol. The van der Waals surface area contributed by atoms with Gasteiger partial charge in [0, 0.05) is 6.92 Å².